The van der Waals surface area contributed by atoms with E-state index in [0.29, 0.717) is 37.2 Å². The molecule has 0 saturated heterocycles. The van der Waals surface area contributed by atoms with Crippen LogP contribution in [0.25, 0.3) is 0 Å². The van der Waals surface area contributed by atoms with Crippen LogP contribution in [0, 0.1) is 0 Å². The Morgan fingerprint density at radius 2 is 0.881 bits per heavy atom. The summed E-state index contributed by atoms with van der Waals surface area (Å²) in [6.07, 6.45) is 9.44. The van der Waals surface area contributed by atoms with E-state index in [-0.39, 0.29) is 34.3 Å². The molecule has 0 aliphatic carbocycles. The van der Waals surface area contributed by atoms with E-state index < -0.39 is 0 Å². The molecular formula is C36H54O6. The average Bonchev–Trinajstić information content (AvgIpc) is 2.92. The molecule has 234 valence electrons. The van der Waals surface area contributed by atoms with Gasteiger partial charge in [0.25, 0.3) is 0 Å². The summed E-state index contributed by atoms with van der Waals surface area (Å²) in [5.41, 5.74) is 3.55. The van der Waals surface area contributed by atoms with Crippen molar-refractivity contribution < 1.29 is 29.3 Å². The summed E-state index contributed by atoms with van der Waals surface area (Å²) in [6.45, 7) is 16.9. The molecule has 0 amide bonds. The van der Waals surface area contributed by atoms with E-state index in [2.05, 4.69) is 0 Å². The zero-order valence-corrected chi connectivity index (χ0v) is 27.3. The monoisotopic (exact) mass is 582 g/mol. The number of hydrogen-bond acceptors (Lipinski definition) is 6. The first-order chi connectivity index (χ1) is 19.7. The van der Waals surface area contributed by atoms with Gasteiger partial charge in [-0.05, 0) is 71.9 Å². The van der Waals surface area contributed by atoms with Crippen molar-refractivity contribution in [1.82, 2.24) is 0 Å². The minimum absolute atomic E-state index is 0.266. The molecular weight excluding hydrogens is 528 g/mol. The first kappa shape index (κ1) is 35.2. The summed E-state index contributed by atoms with van der Waals surface area (Å²) in [5, 5.41) is 21.1. The van der Waals surface area contributed by atoms with Gasteiger partial charge in [0.2, 0.25) is 0 Å². The fourth-order valence-corrected chi connectivity index (χ4v) is 5.07. The Bertz CT molecular complexity index is 1090. The molecule has 2 aromatic carbocycles. The van der Waals surface area contributed by atoms with Gasteiger partial charge in [-0.2, -0.15) is 0 Å². The Hall–Kier alpha value is -3.02. The second-order valence-electron chi connectivity index (χ2n) is 13.4. The number of esters is 2. The fourth-order valence-electron chi connectivity index (χ4n) is 5.07. The van der Waals surface area contributed by atoms with Crippen molar-refractivity contribution in [3.05, 3.63) is 57.6 Å². The summed E-state index contributed by atoms with van der Waals surface area (Å²) in [4.78, 5) is 25.3. The predicted molar refractivity (Wildman–Crippen MR) is 170 cm³/mol. The van der Waals surface area contributed by atoms with E-state index in [1.54, 1.807) is 24.3 Å². The summed E-state index contributed by atoms with van der Waals surface area (Å²) in [7, 11) is 0. The van der Waals surface area contributed by atoms with Gasteiger partial charge < -0.3 is 19.7 Å². The first-order valence-corrected chi connectivity index (χ1v) is 15.8. The van der Waals surface area contributed by atoms with Crippen molar-refractivity contribution in [3.63, 3.8) is 0 Å². The number of carbonyl (C=O) groups is 2. The van der Waals surface area contributed by atoms with E-state index in [1.165, 1.54) is 0 Å². The molecule has 0 aliphatic rings. The Kier molecular flexibility index (Phi) is 13.4. The van der Waals surface area contributed by atoms with Crippen LogP contribution in [-0.2, 0) is 33.1 Å². The van der Waals surface area contributed by atoms with Crippen LogP contribution in [0.1, 0.15) is 150 Å². The third kappa shape index (κ3) is 10.4. The highest BCUT2D eigenvalue weighted by Crippen LogP contribution is 2.36. The molecule has 6 heteroatoms. The van der Waals surface area contributed by atoms with Crippen LogP contribution in [0.4, 0.5) is 0 Å². The molecule has 0 aliphatic heterocycles. The van der Waals surface area contributed by atoms with E-state index >= 15 is 0 Å². The van der Waals surface area contributed by atoms with Gasteiger partial charge in [0, 0.05) is 11.1 Å². The number of ether oxygens (including phenoxy) is 2. The summed E-state index contributed by atoms with van der Waals surface area (Å²) >= 11 is 0. The molecule has 0 radical (unpaired) electrons. The van der Waals surface area contributed by atoms with E-state index in [0.717, 1.165) is 73.6 Å². The normalized spacial score (nSPS) is 11.9. The molecule has 0 heterocycles. The lowest BCUT2D eigenvalue weighted by atomic mass is 9.83. The Labute approximate surface area is 253 Å². The van der Waals surface area contributed by atoms with Crippen LogP contribution in [-0.4, -0.2) is 35.4 Å². The zero-order valence-electron chi connectivity index (χ0n) is 27.3. The maximum absolute atomic E-state index is 12.6. The second-order valence-corrected chi connectivity index (χ2v) is 13.4. The lowest BCUT2D eigenvalue weighted by Gasteiger charge is -2.23. The number of phenols is 2. The average molecular weight is 583 g/mol. The second kappa shape index (κ2) is 16.0. The van der Waals surface area contributed by atoms with Crippen molar-refractivity contribution in [3.8, 4) is 11.5 Å². The maximum atomic E-state index is 12.6. The molecule has 2 N–H and O–H groups in total. The van der Waals surface area contributed by atoms with Crippen LogP contribution in [0.15, 0.2) is 24.3 Å². The van der Waals surface area contributed by atoms with Crippen LogP contribution < -0.4 is 0 Å². The number of carbonyl (C=O) groups excluding carboxylic acids is 2. The molecule has 0 spiro atoms. The zero-order chi connectivity index (χ0) is 31.5. The number of aromatic hydroxyl groups is 2. The number of benzene rings is 2. The first-order valence-electron chi connectivity index (χ1n) is 15.8. The van der Waals surface area contributed by atoms with Crippen LogP contribution in [0.3, 0.4) is 0 Å². The van der Waals surface area contributed by atoms with Gasteiger partial charge in [0.1, 0.15) is 11.5 Å². The topological polar surface area (TPSA) is 93.1 Å². The third-order valence-electron chi connectivity index (χ3n) is 7.73. The molecule has 6 nitrogen and oxygen atoms in total. The Balaban J connectivity index is 1.62. The van der Waals surface area contributed by atoms with Gasteiger partial charge >= 0.3 is 11.9 Å². The quantitative estimate of drug-likeness (QED) is 0.161. The largest absolute Gasteiger partial charge is 0.507 e. The molecule has 0 unspecified atom stereocenters. The molecule has 42 heavy (non-hydrogen) atoms. The van der Waals surface area contributed by atoms with E-state index in [4.69, 9.17) is 9.47 Å². The van der Waals surface area contributed by atoms with Crippen LogP contribution in [0.5, 0.6) is 11.5 Å². The van der Waals surface area contributed by atoms with Crippen molar-refractivity contribution in [2.75, 3.05) is 13.2 Å². The number of hydrogen-bond donors (Lipinski definition) is 2. The Morgan fingerprint density at radius 1 is 0.571 bits per heavy atom. The molecule has 0 aromatic heterocycles. The highest BCUT2D eigenvalue weighted by Gasteiger charge is 2.24. The molecule has 0 atom stereocenters. The predicted octanol–water partition coefficient (Wildman–Crippen LogP) is 8.95. The fraction of sp³-hybridized carbons (Fsp3) is 0.611. The molecule has 2 aromatic rings. The van der Waals surface area contributed by atoms with Crippen molar-refractivity contribution in [1.29, 1.82) is 0 Å². The van der Waals surface area contributed by atoms with Gasteiger partial charge in [-0.25, -0.2) is 9.59 Å². The summed E-state index contributed by atoms with van der Waals surface area (Å²) in [5.74, 6) is -0.114. The highest BCUT2D eigenvalue weighted by atomic mass is 16.5. The highest BCUT2D eigenvalue weighted by molar-refractivity contribution is 5.91. The smallest absolute Gasteiger partial charge is 0.338 e. The third-order valence-corrected chi connectivity index (χ3v) is 7.73. The standard InChI is InChI=1S/C36H54O6/c1-9-25-21-27(23-29(31(25)37)35(3,4)5)33(39)41-19-17-15-13-11-12-14-16-18-20-42-34(40)28-22-26(10-2)32(38)30(24-28)36(6,7)8/h21-24,37-38H,9-20H2,1-8H3. The molecule has 0 fully saturated rings. The van der Waals surface area contributed by atoms with Crippen LogP contribution >= 0.6 is 0 Å². The van der Waals surface area contributed by atoms with E-state index in [1.807, 2.05) is 55.4 Å². The van der Waals surface area contributed by atoms with Crippen LogP contribution in [0.2, 0.25) is 0 Å². The lowest BCUT2D eigenvalue weighted by Crippen LogP contribution is -2.15. The molecule has 0 saturated carbocycles. The van der Waals surface area contributed by atoms with Gasteiger partial charge in [-0.1, -0.05) is 93.9 Å². The van der Waals surface area contributed by atoms with Gasteiger partial charge in [-0.15, -0.1) is 0 Å². The molecule has 2 rings (SSSR count). The Morgan fingerprint density at radius 3 is 1.17 bits per heavy atom. The maximum Gasteiger partial charge on any atom is 0.338 e. The SMILES string of the molecule is CCc1cc(C(=O)OCCCCCCCCCCOC(=O)c2cc(CC)c(O)c(C(C)(C)C)c2)cc(C(C)(C)C)c1O. The minimum Gasteiger partial charge on any atom is -0.507 e. The van der Waals surface area contributed by atoms with Gasteiger partial charge in [0.15, 0.2) is 0 Å². The minimum atomic E-state index is -0.332. The van der Waals surface area contributed by atoms with Crippen molar-refractivity contribution >= 4 is 11.9 Å². The molecule has 0 bridgehead atoms. The number of phenolic OH excluding ortho intramolecular Hbond substituents is 2. The number of aryl methyl sites for hydroxylation is 2. The lowest BCUT2D eigenvalue weighted by molar-refractivity contribution is 0.0487. The summed E-state index contributed by atoms with van der Waals surface area (Å²) in [6, 6.07) is 7.00. The summed E-state index contributed by atoms with van der Waals surface area (Å²) < 4.78 is 11.1. The number of rotatable bonds is 15. The van der Waals surface area contributed by atoms with E-state index in [9.17, 15) is 19.8 Å². The van der Waals surface area contributed by atoms with Crippen molar-refractivity contribution in [2.24, 2.45) is 0 Å². The number of unbranched alkanes of at least 4 members (excludes halogenated alkanes) is 7. The van der Waals surface area contributed by atoms with Gasteiger partial charge in [0.05, 0.1) is 24.3 Å². The van der Waals surface area contributed by atoms with Crippen molar-refractivity contribution in [2.45, 2.75) is 130 Å². The van der Waals surface area contributed by atoms with Gasteiger partial charge in [-0.3, -0.25) is 0 Å².